The van der Waals surface area contributed by atoms with Crippen molar-refractivity contribution in [2.24, 2.45) is 0 Å². The summed E-state index contributed by atoms with van der Waals surface area (Å²) < 4.78 is 16.4. The van der Waals surface area contributed by atoms with Gasteiger partial charge in [0.05, 0.1) is 26.5 Å². The number of aromatic nitrogens is 1. The highest BCUT2D eigenvalue weighted by molar-refractivity contribution is 7.16. The van der Waals surface area contributed by atoms with Gasteiger partial charge in [0, 0.05) is 28.3 Å². The smallest absolute Gasteiger partial charge is 0.291 e. The maximum absolute atomic E-state index is 12.8. The Kier molecular flexibility index (Phi) is 6.88. The molecule has 0 radical (unpaired) electrons. The number of carbonyl (C=O) groups excluding carboxylic acids is 1. The third kappa shape index (κ3) is 4.77. The second-order valence-corrected chi connectivity index (χ2v) is 9.09. The predicted octanol–water partition coefficient (Wildman–Crippen LogP) is 6.13. The summed E-state index contributed by atoms with van der Waals surface area (Å²) in [4.78, 5) is 18.5. The predicted molar refractivity (Wildman–Crippen MR) is 134 cm³/mol. The van der Waals surface area contributed by atoms with E-state index in [9.17, 15) is 4.79 Å². The zero-order valence-corrected chi connectivity index (χ0v) is 20.6. The van der Waals surface area contributed by atoms with Gasteiger partial charge in [-0.15, -0.1) is 11.3 Å². The SMILES string of the molecule is COc1ccc(C(Nc2cc(C)ccn2)c2c(NC(=O)c3ccco3)sc(C)c2C)c(OC)c1. The van der Waals surface area contributed by atoms with Crippen LogP contribution in [0.1, 0.15) is 43.7 Å². The summed E-state index contributed by atoms with van der Waals surface area (Å²) in [6.45, 7) is 6.11. The van der Waals surface area contributed by atoms with E-state index >= 15 is 0 Å². The first-order valence-corrected chi connectivity index (χ1v) is 11.6. The Hall–Kier alpha value is -3.78. The highest BCUT2D eigenvalue weighted by atomic mass is 32.1. The Morgan fingerprint density at radius 2 is 1.91 bits per heavy atom. The molecular formula is C26H27N3O4S. The molecule has 0 saturated carbocycles. The Morgan fingerprint density at radius 1 is 1.09 bits per heavy atom. The van der Waals surface area contributed by atoms with Gasteiger partial charge in [-0.05, 0) is 68.3 Å². The van der Waals surface area contributed by atoms with Crippen molar-refractivity contribution in [1.82, 2.24) is 4.98 Å². The highest BCUT2D eigenvalue weighted by Crippen LogP contribution is 2.44. The normalized spacial score (nSPS) is 11.7. The number of carbonyl (C=O) groups is 1. The summed E-state index contributed by atoms with van der Waals surface area (Å²) >= 11 is 1.52. The maximum Gasteiger partial charge on any atom is 0.291 e. The van der Waals surface area contributed by atoms with Gasteiger partial charge in [0.25, 0.3) is 5.91 Å². The van der Waals surface area contributed by atoms with Gasteiger partial charge in [0.2, 0.25) is 0 Å². The lowest BCUT2D eigenvalue weighted by atomic mass is 9.95. The zero-order valence-electron chi connectivity index (χ0n) is 19.8. The molecule has 0 bridgehead atoms. The molecule has 1 atom stereocenters. The number of nitrogens with zero attached hydrogens (tertiary/aromatic N) is 1. The first kappa shape index (κ1) is 23.4. The van der Waals surface area contributed by atoms with E-state index in [1.165, 1.54) is 17.6 Å². The van der Waals surface area contributed by atoms with Crippen LogP contribution in [0.5, 0.6) is 11.5 Å². The van der Waals surface area contributed by atoms with Gasteiger partial charge in [-0.1, -0.05) is 0 Å². The largest absolute Gasteiger partial charge is 0.497 e. The molecule has 1 unspecified atom stereocenters. The van der Waals surface area contributed by atoms with Crippen molar-refractivity contribution in [3.8, 4) is 11.5 Å². The van der Waals surface area contributed by atoms with Crippen molar-refractivity contribution < 1.29 is 18.7 Å². The number of benzene rings is 1. The lowest BCUT2D eigenvalue weighted by molar-refractivity contribution is 0.0997. The standard InChI is InChI=1S/C26H27N3O4S/c1-15-10-11-27-22(13-15)28-24(19-9-8-18(31-4)14-21(19)32-5)23-16(2)17(3)34-26(23)29-25(30)20-7-6-12-33-20/h6-14,24H,1-5H3,(H,27,28)(H,29,30). The van der Waals surface area contributed by atoms with E-state index in [0.29, 0.717) is 11.5 Å². The number of hydrogen-bond donors (Lipinski definition) is 2. The molecule has 1 aromatic carbocycles. The van der Waals surface area contributed by atoms with Crippen LogP contribution in [-0.4, -0.2) is 25.1 Å². The topological polar surface area (TPSA) is 85.6 Å². The van der Waals surface area contributed by atoms with E-state index in [1.54, 1.807) is 32.5 Å². The number of thiophene rings is 1. The number of furan rings is 1. The molecule has 0 aliphatic carbocycles. The fourth-order valence-electron chi connectivity index (χ4n) is 3.78. The van der Waals surface area contributed by atoms with E-state index in [-0.39, 0.29) is 17.7 Å². The van der Waals surface area contributed by atoms with Gasteiger partial charge in [-0.25, -0.2) is 4.98 Å². The average Bonchev–Trinajstić information content (AvgIpc) is 3.46. The molecule has 8 heteroatoms. The van der Waals surface area contributed by atoms with Gasteiger partial charge < -0.3 is 24.5 Å². The summed E-state index contributed by atoms with van der Waals surface area (Å²) in [5.74, 6) is 2.02. The summed E-state index contributed by atoms with van der Waals surface area (Å²) in [6, 6.07) is 12.6. The first-order valence-electron chi connectivity index (χ1n) is 10.8. The van der Waals surface area contributed by atoms with Gasteiger partial charge in [-0.3, -0.25) is 4.79 Å². The Morgan fingerprint density at radius 3 is 2.59 bits per heavy atom. The van der Waals surface area contributed by atoms with Crippen LogP contribution in [0.2, 0.25) is 0 Å². The minimum absolute atomic E-state index is 0.251. The number of rotatable bonds is 8. The number of pyridine rings is 1. The Balaban J connectivity index is 1.85. The summed E-state index contributed by atoms with van der Waals surface area (Å²) in [5, 5.41) is 7.34. The van der Waals surface area contributed by atoms with E-state index in [1.807, 2.05) is 44.2 Å². The zero-order chi connectivity index (χ0) is 24.2. The average molecular weight is 478 g/mol. The molecule has 176 valence electrons. The van der Waals surface area contributed by atoms with Crippen molar-refractivity contribution in [3.05, 3.63) is 87.8 Å². The molecule has 2 N–H and O–H groups in total. The third-order valence-corrected chi connectivity index (χ3v) is 6.79. The molecule has 0 spiro atoms. The van der Waals surface area contributed by atoms with Crippen LogP contribution in [-0.2, 0) is 0 Å². The molecule has 0 aliphatic rings. The molecule has 3 heterocycles. The van der Waals surface area contributed by atoms with Crippen LogP contribution in [0.3, 0.4) is 0 Å². The van der Waals surface area contributed by atoms with Crippen molar-refractivity contribution >= 4 is 28.1 Å². The van der Waals surface area contributed by atoms with E-state index in [0.717, 1.165) is 37.9 Å². The van der Waals surface area contributed by atoms with E-state index < -0.39 is 0 Å². The van der Waals surface area contributed by atoms with Crippen LogP contribution in [0.4, 0.5) is 10.8 Å². The Bertz CT molecular complexity index is 1300. The number of aryl methyl sites for hydroxylation is 2. The van der Waals surface area contributed by atoms with Crippen molar-refractivity contribution in [1.29, 1.82) is 0 Å². The number of nitrogens with one attached hydrogen (secondary N) is 2. The van der Waals surface area contributed by atoms with Crippen LogP contribution >= 0.6 is 11.3 Å². The van der Waals surface area contributed by atoms with Crippen molar-refractivity contribution in [3.63, 3.8) is 0 Å². The number of amides is 1. The first-order chi connectivity index (χ1) is 16.4. The quantitative estimate of drug-likeness (QED) is 0.317. The van der Waals surface area contributed by atoms with Gasteiger partial charge in [0.1, 0.15) is 22.3 Å². The molecule has 4 aromatic rings. The highest BCUT2D eigenvalue weighted by Gasteiger charge is 2.28. The molecule has 3 aromatic heterocycles. The monoisotopic (exact) mass is 477 g/mol. The van der Waals surface area contributed by atoms with E-state index in [4.69, 9.17) is 13.9 Å². The number of methoxy groups -OCH3 is 2. The Labute approximate surface area is 202 Å². The minimum Gasteiger partial charge on any atom is -0.497 e. The molecule has 0 aliphatic heterocycles. The second kappa shape index (κ2) is 10.0. The lowest BCUT2D eigenvalue weighted by Gasteiger charge is -2.24. The van der Waals surface area contributed by atoms with Crippen molar-refractivity contribution in [2.45, 2.75) is 26.8 Å². The van der Waals surface area contributed by atoms with Gasteiger partial charge in [0.15, 0.2) is 5.76 Å². The molecule has 0 saturated heterocycles. The molecule has 1 amide bonds. The second-order valence-electron chi connectivity index (χ2n) is 7.86. The van der Waals surface area contributed by atoms with Crippen LogP contribution < -0.4 is 20.1 Å². The van der Waals surface area contributed by atoms with Gasteiger partial charge >= 0.3 is 0 Å². The maximum atomic E-state index is 12.8. The number of anilines is 2. The third-order valence-electron chi connectivity index (χ3n) is 5.65. The summed E-state index contributed by atoms with van der Waals surface area (Å²) in [6.07, 6.45) is 3.25. The van der Waals surface area contributed by atoms with Gasteiger partial charge in [-0.2, -0.15) is 0 Å². The fraction of sp³-hybridized carbons (Fsp3) is 0.231. The van der Waals surface area contributed by atoms with Crippen molar-refractivity contribution in [2.75, 3.05) is 24.9 Å². The molecule has 0 fully saturated rings. The van der Waals surface area contributed by atoms with Crippen LogP contribution in [0.25, 0.3) is 0 Å². The number of ether oxygens (including phenoxy) is 2. The number of hydrogen-bond acceptors (Lipinski definition) is 7. The van der Waals surface area contributed by atoms with Crippen LogP contribution in [0.15, 0.2) is 59.3 Å². The molecular weight excluding hydrogens is 450 g/mol. The van der Waals surface area contributed by atoms with Crippen LogP contribution in [0, 0.1) is 20.8 Å². The minimum atomic E-state index is -0.355. The molecule has 4 rings (SSSR count). The summed E-state index contributed by atoms with van der Waals surface area (Å²) in [7, 11) is 3.25. The lowest BCUT2D eigenvalue weighted by Crippen LogP contribution is -2.18. The summed E-state index contributed by atoms with van der Waals surface area (Å²) in [5.41, 5.74) is 3.99. The molecule has 34 heavy (non-hydrogen) atoms. The fourth-order valence-corrected chi connectivity index (χ4v) is 4.88. The van der Waals surface area contributed by atoms with E-state index in [2.05, 4.69) is 22.5 Å². The molecule has 7 nitrogen and oxygen atoms in total.